The fraction of sp³-hybridized carbons (Fsp3) is 0.688. The molecular formula is C16H25N3O2S. The van der Waals surface area contributed by atoms with E-state index < -0.39 is 0 Å². The van der Waals surface area contributed by atoms with Crippen LogP contribution in [-0.4, -0.2) is 34.8 Å². The highest BCUT2D eigenvalue weighted by Crippen LogP contribution is 2.26. The summed E-state index contributed by atoms with van der Waals surface area (Å²) in [5.74, 6) is 0.260. The molecule has 0 spiro atoms. The quantitative estimate of drug-likeness (QED) is 0.927. The second-order valence-electron chi connectivity index (χ2n) is 6.12. The van der Waals surface area contributed by atoms with Crippen molar-refractivity contribution in [3.63, 3.8) is 0 Å². The molecule has 0 bridgehead atoms. The van der Waals surface area contributed by atoms with Crippen molar-refractivity contribution in [2.75, 3.05) is 18.4 Å². The summed E-state index contributed by atoms with van der Waals surface area (Å²) in [6, 6.07) is 0. The third-order valence-electron chi connectivity index (χ3n) is 4.05. The fourth-order valence-electron chi connectivity index (χ4n) is 2.66. The molecule has 1 aliphatic heterocycles. The zero-order valence-electron chi connectivity index (χ0n) is 13.8. The molecule has 1 aromatic rings. The molecule has 1 N–H and O–H groups in total. The average Bonchev–Trinajstić information content (AvgIpc) is 2.86. The lowest BCUT2D eigenvalue weighted by Gasteiger charge is -2.32. The normalized spacial score (nSPS) is 16.1. The van der Waals surface area contributed by atoms with Crippen molar-refractivity contribution in [3.8, 4) is 0 Å². The monoisotopic (exact) mass is 323 g/mol. The van der Waals surface area contributed by atoms with Crippen LogP contribution in [0.4, 0.5) is 5.00 Å². The van der Waals surface area contributed by atoms with Crippen LogP contribution in [0.2, 0.25) is 0 Å². The van der Waals surface area contributed by atoms with Crippen LogP contribution in [0, 0.1) is 18.8 Å². The SMILES string of the molecule is CCc1nc(C)c(NC(=O)C2CCN(C(=O)C(C)C)CC2)s1. The van der Waals surface area contributed by atoms with Crippen molar-refractivity contribution in [3.05, 3.63) is 10.7 Å². The van der Waals surface area contributed by atoms with Gasteiger partial charge in [0.1, 0.15) is 5.00 Å². The number of likely N-dealkylation sites (tertiary alicyclic amines) is 1. The van der Waals surface area contributed by atoms with Gasteiger partial charge in [-0.05, 0) is 26.2 Å². The van der Waals surface area contributed by atoms with E-state index >= 15 is 0 Å². The summed E-state index contributed by atoms with van der Waals surface area (Å²) in [5, 5.41) is 4.92. The van der Waals surface area contributed by atoms with Gasteiger partial charge in [-0.25, -0.2) is 4.98 Å². The molecule has 1 aromatic heterocycles. The zero-order chi connectivity index (χ0) is 16.3. The van der Waals surface area contributed by atoms with E-state index in [0.29, 0.717) is 13.1 Å². The van der Waals surface area contributed by atoms with Crippen LogP contribution in [-0.2, 0) is 16.0 Å². The van der Waals surface area contributed by atoms with Crippen molar-refractivity contribution >= 4 is 28.2 Å². The van der Waals surface area contributed by atoms with Gasteiger partial charge in [0.25, 0.3) is 0 Å². The summed E-state index contributed by atoms with van der Waals surface area (Å²) in [7, 11) is 0. The second-order valence-corrected chi connectivity index (χ2v) is 7.20. The van der Waals surface area contributed by atoms with Crippen LogP contribution in [0.15, 0.2) is 0 Å². The van der Waals surface area contributed by atoms with Crippen LogP contribution in [0.1, 0.15) is 44.3 Å². The number of rotatable bonds is 4. The molecule has 0 radical (unpaired) electrons. The standard InChI is InChI=1S/C16H25N3O2S/c1-5-13-17-11(4)15(22-13)18-14(20)12-6-8-19(9-7-12)16(21)10(2)3/h10,12H,5-9H2,1-4H3,(H,18,20). The summed E-state index contributed by atoms with van der Waals surface area (Å²) in [5.41, 5.74) is 0.891. The van der Waals surface area contributed by atoms with Crippen molar-refractivity contribution in [2.24, 2.45) is 11.8 Å². The lowest BCUT2D eigenvalue weighted by Crippen LogP contribution is -2.43. The van der Waals surface area contributed by atoms with Gasteiger partial charge in [0.15, 0.2) is 0 Å². The van der Waals surface area contributed by atoms with Crippen LogP contribution in [0.3, 0.4) is 0 Å². The Kier molecular flexibility index (Phi) is 5.56. The molecule has 0 saturated carbocycles. The number of thiazole rings is 1. The number of aryl methyl sites for hydroxylation is 2. The van der Waals surface area contributed by atoms with E-state index in [2.05, 4.69) is 17.2 Å². The average molecular weight is 323 g/mol. The Morgan fingerprint density at radius 1 is 1.36 bits per heavy atom. The number of hydrogen-bond donors (Lipinski definition) is 1. The number of aromatic nitrogens is 1. The number of amides is 2. The molecule has 2 heterocycles. The van der Waals surface area contributed by atoms with E-state index in [9.17, 15) is 9.59 Å². The van der Waals surface area contributed by atoms with Gasteiger partial charge < -0.3 is 10.2 Å². The number of anilines is 1. The summed E-state index contributed by atoms with van der Waals surface area (Å²) >= 11 is 1.55. The lowest BCUT2D eigenvalue weighted by atomic mass is 9.95. The maximum Gasteiger partial charge on any atom is 0.228 e. The number of nitrogens with zero attached hydrogens (tertiary/aromatic N) is 2. The van der Waals surface area contributed by atoms with Crippen molar-refractivity contribution < 1.29 is 9.59 Å². The van der Waals surface area contributed by atoms with Gasteiger partial charge in [0.2, 0.25) is 11.8 Å². The molecule has 1 aliphatic rings. The number of carbonyl (C=O) groups is 2. The molecular weight excluding hydrogens is 298 g/mol. The highest BCUT2D eigenvalue weighted by Gasteiger charge is 2.28. The summed E-state index contributed by atoms with van der Waals surface area (Å²) in [6.07, 6.45) is 2.36. The number of carbonyl (C=O) groups excluding carboxylic acids is 2. The number of nitrogens with one attached hydrogen (secondary N) is 1. The zero-order valence-corrected chi connectivity index (χ0v) is 14.6. The first-order valence-corrected chi connectivity index (χ1v) is 8.80. The largest absolute Gasteiger partial charge is 0.342 e. The second kappa shape index (κ2) is 7.22. The Morgan fingerprint density at radius 3 is 2.50 bits per heavy atom. The molecule has 5 nitrogen and oxygen atoms in total. The van der Waals surface area contributed by atoms with Crippen molar-refractivity contribution in [1.82, 2.24) is 9.88 Å². The predicted molar refractivity (Wildman–Crippen MR) is 89.0 cm³/mol. The Labute approximate surface area is 136 Å². The Hall–Kier alpha value is -1.43. The molecule has 0 aliphatic carbocycles. The van der Waals surface area contributed by atoms with Crippen molar-refractivity contribution in [2.45, 2.75) is 47.0 Å². The predicted octanol–water partition coefficient (Wildman–Crippen LogP) is 2.85. The minimum Gasteiger partial charge on any atom is -0.342 e. The van der Waals surface area contributed by atoms with E-state index in [1.54, 1.807) is 11.3 Å². The van der Waals surface area contributed by atoms with Gasteiger partial charge >= 0.3 is 0 Å². The first-order chi connectivity index (χ1) is 10.4. The minimum absolute atomic E-state index is 0.0113. The highest BCUT2D eigenvalue weighted by atomic mass is 32.1. The van der Waals surface area contributed by atoms with Gasteiger partial charge in [0.05, 0.1) is 10.7 Å². The molecule has 0 atom stereocenters. The van der Waals surface area contributed by atoms with Gasteiger partial charge in [0, 0.05) is 24.9 Å². The van der Waals surface area contributed by atoms with Gasteiger partial charge in [-0.3, -0.25) is 9.59 Å². The summed E-state index contributed by atoms with van der Waals surface area (Å²) in [4.78, 5) is 30.7. The molecule has 0 unspecified atom stereocenters. The Morgan fingerprint density at radius 2 is 2.00 bits per heavy atom. The van der Waals surface area contributed by atoms with Gasteiger partial charge in [-0.15, -0.1) is 11.3 Å². The lowest BCUT2D eigenvalue weighted by molar-refractivity contribution is -0.137. The van der Waals surface area contributed by atoms with E-state index in [-0.39, 0.29) is 23.7 Å². The highest BCUT2D eigenvalue weighted by molar-refractivity contribution is 7.16. The van der Waals surface area contributed by atoms with E-state index in [0.717, 1.165) is 35.0 Å². The fourth-order valence-corrected chi connectivity index (χ4v) is 3.57. The van der Waals surface area contributed by atoms with Gasteiger partial charge in [-0.2, -0.15) is 0 Å². The van der Waals surface area contributed by atoms with E-state index in [1.165, 1.54) is 0 Å². The van der Waals surface area contributed by atoms with Crippen molar-refractivity contribution in [1.29, 1.82) is 0 Å². The maximum atomic E-state index is 12.4. The van der Waals surface area contributed by atoms with E-state index in [4.69, 9.17) is 0 Å². The maximum absolute atomic E-state index is 12.4. The van der Waals surface area contributed by atoms with E-state index in [1.807, 2.05) is 25.7 Å². The topological polar surface area (TPSA) is 62.3 Å². The third-order valence-corrected chi connectivity index (χ3v) is 5.27. The first-order valence-electron chi connectivity index (χ1n) is 7.98. The smallest absolute Gasteiger partial charge is 0.228 e. The van der Waals surface area contributed by atoms with Crippen LogP contribution in [0.5, 0.6) is 0 Å². The summed E-state index contributed by atoms with van der Waals surface area (Å²) in [6.45, 7) is 9.17. The van der Waals surface area contributed by atoms with Crippen LogP contribution in [0.25, 0.3) is 0 Å². The third kappa shape index (κ3) is 3.85. The minimum atomic E-state index is -0.0113. The number of hydrogen-bond acceptors (Lipinski definition) is 4. The molecule has 1 saturated heterocycles. The Bertz CT molecular complexity index is 546. The molecule has 1 fully saturated rings. The molecule has 6 heteroatoms. The molecule has 0 aromatic carbocycles. The molecule has 122 valence electrons. The summed E-state index contributed by atoms with van der Waals surface area (Å²) < 4.78 is 0. The first kappa shape index (κ1) is 16.9. The molecule has 2 amide bonds. The molecule has 2 rings (SSSR count). The number of piperidine rings is 1. The van der Waals surface area contributed by atoms with Crippen LogP contribution < -0.4 is 5.32 Å². The van der Waals surface area contributed by atoms with Crippen LogP contribution >= 0.6 is 11.3 Å². The molecule has 22 heavy (non-hydrogen) atoms. The Balaban J connectivity index is 1.89. The van der Waals surface area contributed by atoms with Gasteiger partial charge in [-0.1, -0.05) is 20.8 Å².